The highest BCUT2D eigenvalue weighted by Gasteiger charge is 2.23. The van der Waals surface area contributed by atoms with Gasteiger partial charge in [0.1, 0.15) is 0 Å². The van der Waals surface area contributed by atoms with Crippen molar-refractivity contribution in [1.29, 1.82) is 5.26 Å². The Hall–Kier alpha value is -3.20. The van der Waals surface area contributed by atoms with Crippen molar-refractivity contribution in [3.05, 3.63) is 47.0 Å². The van der Waals surface area contributed by atoms with E-state index in [2.05, 4.69) is 0 Å². The Morgan fingerprint density at radius 1 is 1.04 bits per heavy atom. The fourth-order valence-electron chi connectivity index (χ4n) is 2.52. The summed E-state index contributed by atoms with van der Waals surface area (Å²) >= 11 is 0. The molecule has 0 atom stereocenters. The molecule has 2 aromatic rings. The number of anilines is 1. The number of methoxy groups -OCH3 is 3. The largest absolute Gasteiger partial charge is 0.493 e. The van der Waals surface area contributed by atoms with Crippen LogP contribution in [0, 0.1) is 25.3 Å². The zero-order chi connectivity index (χ0) is 18.6. The van der Waals surface area contributed by atoms with Crippen molar-refractivity contribution >= 4 is 11.6 Å². The Morgan fingerprint density at radius 2 is 1.64 bits per heavy atom. The SMILES string of the molecule is COc1cc(C(=O)N(C#N)c2cccc(C)c2C)cc(OC)c1OC. The summed E-state index contributed by atoms with van der Waals surface area (Å²) in [4.78, 5) is 14.0. The van der Waals surface area contributed by atoms with Crippen LogP contribution in [0.3, 0.4) is 0 Å². The predicted molar refractivity (Wildman–Crippen MR) is 94.4 cm³/mol. The first-order valence-corrected chi connectivity index (χ1v) is 7.58. The van der Waals surface area contributed by atoms with E-state index in [-0.39, 0.29) is 5.56 Å². The van der Waals surface area contributed by atoms with Crippen LogP contribution in [0.4, 0.5) is 5.69 Å². The molecule has 0 spiro atoms. The van der Waals surface area contributed by atoms with Crippen LogP contribution in [-0.2, 0) is 0 Å². The van der Waals surface area contributed by atoms with E-state index in [0.29, 0.717) is 22.9 Å². The molecular weight excluding hydrogens is 320 g/mol. The first-order valence-electron chi connectivity index (χ1n) is 7.58. The summed E-state index contributed by atoms with van der Waals surface area (Å²) in [6.07, 6.45) is 1.96. The molecule has 0 fully saturated rings. The fraction of sp³-hybridized carbons (Fsp3) is 0.263. The number of hydrogen-bond donors (Lipinski definition) is 0. The van der Waals surface area contributed by atoms with E-state index in [4.69, 9.17) is 14.2 Å². The lowest BCUT2D eigenvalue weighted by Gasteiger charge is -2.19. The molecule has 1 amide bonds. The van der Waals surface area contributed by atoms with E-state index >= 15 is 0 Å². The molecule has 0 saturated carbocycles. The first-order chi connectivity index (χ1) is 12.0. The van der Waals surface area contributed by atoms with Gasteiger partial charge in [0.2, 0.25) is 5.75 Å². The Morgan fingerprint density at radius 3 is 2.12 bits per heavy atom. The quantitative estimate of drug-likeness (QED) is 0.616. The van der Waals surface area contributed by atoms with Crippen LogP contribution in [0.25, 0.3) is 0 Å². The minimum absolute atomic E-state index is 0.261. The number of nitriles is 1. The average Bonchev–Trinajstić information content (AvgIpc) is 2.64. The average molecular weight is 340 g/mol. The van der Waals surface area contributed by atoms with E-state index in [9.17, 15) is 10.1 Å². The molecule has 25 heavy (non-hydrogen) atoms. The lowest BCUT2D eigenvalue weighted by atomic mass is 10.1. The van der Waals surface area contributed by atoms with Crippen molar-refractivity contribution in [2.75, 3.05) is 26.2 Å². The molecule has 6 nitrogen and oxygen atoms in total. The molecule has 0 bridgehead atoms. The van der Waals surface area contributed by atoms with Gasteiger partial charge in [-0.25, -0.2) is 4.90 Å². The van der Waals surface area contributed by atoms with E-state index in [1.165, 1.54) is 33.5 Å². The van der Waals surface area contributed by atoms with Crippen LogP contribution in [-0.4, -0.2) is 27.2 Å². The summed E-state index contributed by atoms with van der Waals surface area (Å²) in [5, 5.41) is 9.55. The standard InChI is InChI=1S/C19H20N2O4/c1-12-7-6-8-15(13(12)2)21(11-20)19(22)14-9-16(23-3)18(25-5)17(10-14)24-4/h6-10H,1-5H3. The van der Waals surface area contributed by atoms with Gasteiger partial charge in [-0.15, -0.1) is 0 Å². The number of hydrogen-bond acceptors (Lipinski definition) is 5. The topological polar surface area (TPSA) is 71.8 Å². The van der Waals surface area contributed by atoms with Gasteiger partial charge in [0, 0.05) is 5.56 Å². The van der Waals surface area contributed by atoms with Crippen LogP contribution >= 0.6 is 0 Å². The van der Waals surface area contributed by atoms with Crippen LogP contribution < -0.4 is 19.1 Å². The molecule has 0 aliphatic rings. The summed E-state index contributed by atoms with van der Waals surface area (Å²) in [5.41, 5.74) is 2.67. The Balaban J connectivity index is 2.55. The summed E-state index contributed by atoms with van der Waals surface area (Å²) in [6.45, 7) is 3.80. The van der Waals surface area contributed by atoms with Gasteiger partial charge in [0.05, 0.1) is 27.0 Å². The first kappa shape index (κ1) is 18.1. The number of rotatable bonds is 5. The Kier molecular flexibility index (Phi) is 5.50. The molecular formula is C19H20N2O4. The highest BCUT2D eigenvalue weighted by Crippen LogP contribution is 2.38. The highest BCUT2D eigenvalue weighted by atomic mass is 16.5. The number of carbonyl (C=O) groups excluding carboxylic acids is 1. The van der Waals surface area contributed by atoms with E-state index < -0.39 is 5.91 Å². The van der Waals surface area contributed by atoms with Crippen molar-refractivity contribution in [2.24, 2.45) is 0 Å². The maximum Gasteiger partial charge on any atom is 0.271 e. The molecule has 0 aromatic heterocycles. The van der Waals surface area contributed by atoms with Gasteiger partial charge in [-0.2, -0.15) is 5.26 Å². The Labute approximate surface area is 147 Å². The minimum atomic E-state index is -0.476. The molecule has 130 valence electrons. The number of benzene rings is 2. The number of carbonyl (C=O) groups is 1. The number of aryl methyl sites for hydroxylation is 1. The van der Waals surface area contributed by atoms with Crippen LogP contribution in [0.5, 0.6) is 17.2 Å². The number of amides is 1. The number of ether oxygens (including phenoxy) is 3. The van der Waals surface area contributed by atoms with Crippen molar-refractivity contribution in [1.82, 2.24) is 0 Å². The summed E-state index contributed by atoms with van der Waals surface area (Å²) in [5.74, 6) is 0.611. The van der Waals surface area contributed by atoms with E-state index in [1.54, 1.807) is 6.07 Å². The van der Waals surface area contributed by atoms with Crippen molar-refractivity contribution < 1.29 is 19.0 Å². The van der Waals surface area contributed by atoms with Crippen LogP contribution in [0.2, 0.25) is 0 Å². The van der Waals surface area contributed by atoms with E-state index in [0.717, 1.165) is 16.0 Å². The monoisotopic (exact) mass is 340 g/mol. The van der Waals surface area contributed by atoms with Gasteiger partial charge < -0.3 is 14.2 Å². The van der Waals surface area contributed by atoms with Gasteiger partial charge >= 0.3 is 0 Å². The van der Waals surface area contributed by atoms with Gasteiger partial charge in [0.25, 0.3) is 5.91 Å². The summed E-state index contributed by atoms with van der Waals surface area (Å²) in [6, 6.07) is 8.53. The molecule has 0 N–H and O–H groups in total. The van der Waals surface area contributed by atoms with Crippen LogP contribution in [0.1, 0.15) is 21.5 Å². The highest BCUT2D eigenvalue weighted by molar-refractivity contribution is 6.09. The Bertz CT molecular complexity index is 815. The second-order valence-corrected chi connectivity index (χ2v) is 5.37. The van der Waals surface area contributed by atoms with Crippen molar-refractivity contribution in [3.63, 3.8) is 0 Å². The number of nitrogens with zero attached hydrogens (tertiary/aromatic N) is 2. The fourth-order valence-corrected chi connectivity index (χ4v) is 2.52. The molecule has 0 unspecified atom stereocenters. The minimum Gasteiger partial charge on any atom is -0.493 e. The van der Waals surface area contributed by atoms with Crippen LogP contribution in [0.15, 0.2) is 30.3 Å². The third kappa shape index (κ3) is 3.36. The summed E-state index contributed by atoms with van der Waals surface area (Å²) in [7, 11) is 4.43. The lowest BCUT2D eigenvalue weighted by Crippen LogP contribution is -2.26. The predicted octanol–water partition coefficient (Wildman–Crippen LogP) is 3.46. The smallest absolute Gasteiger partial charge is 0.271 e. The molecule has 0 heterocycles. The summed E-state index contributed by atoms with van der Waals surface area (Å²) < 4.78 is 15.8. The molecule has 2 rings (SSSR count). The van der Waals surface area contributed by atoms with E-state index in [1.807, 2.05) is 32.2 Å². The lowest BCUT2D eigenvalue weighted by molar-refractivity contribution is 0.0998. The zero-order valence-corrected chi connectivity index (χ0v) is 14.9. The second kappa shape index (κ2) is 7.58. The molecule has 2 aromatic carbocycles. The van der Waals surface area contributed by atoms with Crippen molar-refractivity contribution in [2.45, 2.75) is 13.8 Å². The normalized spacial score (nSPS) is 9.92. The maximum absolute atomic E-state index is 12.9. The van der Waals surface area contributed by atoms with Gasteiger partial charge in [-0.05, 0) is 43.2 Å². The molecule has 0 aliphatic carbocycles. The van der Waals surface area contributed by atoms with Crippen molar-refractivity contribution in [3.8, 4) is 23.4 Å². The van der Waals surface area contributed by atoms with Gasteiger partial charge in [-0.3, -0.25) is 4.79 Å². The molecule has 0 radical (unpaired) electrons. The second-order valence-electron chi connectivity index (χ2n) is 5.37. The third-order valence-electron chi connectivity index (χ3n) is 4.03. The molecule has 0 aliphatic heterocycles. The maximum atomic E-state index is 12.9. The van der Waals surface area contributed by atoms with Gasteiger partial charge in [0.15, 0.2) is 17.7 Å². The van der Waals surface area contributed by atoms with Gasteiger partial charge in [-0.1, -0.05) is 12.1 Å². The molecule has 0 saturated heterocycles. The third-order valence-corrected chi connectivity index (χ3v) is 4.03. The zero-order valence-electron chi connectivity index (χ0n) is 14.9. The molecule has 6 heteroatoms.